The highest BCUT2D eigenvalue weighted by Gasteiger charge is 2.61. The molecule has 0 saturated carbocycles. The monoisotopic (exact) mass is 382 g/mol. The fourth-order valence-electron chi connectivity index (χ4n) is 5.07. The Labute approximate surface area is 170 Å². The van der Waals surface area contributed by atoms with Gasteiger partial charge in [0.25, 0.3) is 0 Å². The minimum atomic E-state index is -0.402. The molecular weight excluding hydrogens is 360 g/mol. The largest absolute Gasteiger partial charge is 0.291 e. The van der Waals surface area contributed by atoms with Crippen LogP contribution in [0.3, 0.4) is 0 Å². The summed E-state index contributed by atoms with van der Waals surface area (Å²) in [6.07, 6.45) is 0. The van der Waals surface area contributed by atoms with Gasteiger partial charge in [0.2, 0.25) is 11.8 Å². The van der Waals surface area contributed by atoms with Crippen LogP contribution in [-0.4, -0.2) is 23.8 Å². The molecule has 4 atom stereocenters. The zero-order valence-corrected chi connectivity index (χ0v) is 16.2. The summed E-state index contributed by atoms with van der Waals surface area (Å²) in [7, 11) is 2.03. The number of hydrogen-bond donors (Lipinski definition) is 0. The van der Waals surface area contributed by atoms with Crippen molar-refractivity contribution in [1.82, 2.24) is 4.90 Å². The molecule has 0 aliphatic carbocycles. The van der Waals surface area contributed by atoms with Crippen LogP contribution < -0.4 is 4.90 Å². The molecule has 0 aromatic heterocycles. The lowest BCUT2D eigenvalue weighted by Gasteiger charge is -2.30. The van der Waals surface area contributed by atoms with E-state index in [0.717, 1.165) is 11.1 Å². The van der Waals surface area contributed by atoms with Gasteiger partial charge in [0.05, 0.1) is 17.5 Å². The van der Waals surface area contributed by atoms with Crippen LogP contribution in [0.2, 0.25) is 0 Å². The first-order valence-corrected chi connectivity index (χ1v) is 9.93. The fourth-order valence-corrected chi connectivity index (χ4v) is 5.07. The van der Waals surface area contributed by atoms with E-state index in [9.17, 15) is 9.59 Å². The molecule has 2 amide bonds. The van der Waals surface area contributed by atoms with Crippen LogP contribution >= 0.6 is 0 Å². The summed E-state index contributed by atoms with van der Waals surface area (Å²) in [5, 5.41) is 0. The Morgan fingerprint density at radius 1 is 0.586 bits per heavy atom. The van der Waals surface area contributed by atoms with E-state index in [2.05, 4.69) is 29.2 Å². The van der Waals surface area contributed by atoms with Crippen molar-refractivity contribution in [3.63, 3.8) is 0 Å². The number of para-hydroxylation sites is 1. The zero-order valence-electron chi connectivity index (χ0n) is 16.2. The van der Waals surface area contributed by atoms with Crippen LogP contribution in [0.1, 0.15) is 23.2 Å². The van der Waals surface area contributed by atoms with Gasteiger partial charge in [-0.25, -0.2) is 4.90 Å². The normalized spacial score (nSPS) is 26.7. The molecule has 29 heavy (non-hydrogen) atoms. The van der Waals surface area contributed by atoms with Gasteiger partial charge in [0.1, 0.15) is 0 Å². The summed E-state index contributed by atoms with van der Waals surface area (Å²) in [6.45, 7) is 0. The molecular formula is C25H22N2O2. The summed E-state index contributed by atoms with van der Waals surface area (Å²) in [4.78, 5) is 30.8. The minimum Gasteiger partial charge on any atom is -0.291 e. The first-order chi connectivity index (χ1) is 14.2. The molecule has 2 aliphatic rings. The number of benzene rings is 3. The van der Waals surface area contributed by atoms with E-state index in [1.54, 1.807) is 0 Å². The van der Waals surface area contributed by atoms with Crippen molar-refractivity contribution < 1.29 is 9.59 Å². The summed E-state index contributed by atoms with van der Waals surface area (Å²) in [6, 6.07) is 29.1. The number of anilines is 1. The number of fused-ring (bicyclic) bond motifs is 1. The van der Waals surface area contributed by atoms with Gasteiger partial charge >= 0.3 is 0 Å². The molecule has 0 bridgehead atoms. The topological polar surface area (TPSA) is 40.6 Å². The van der Waals surface area contributed by atoms with E-state index < -0.39 is 11.8 Å². The number of imide groups is 1. The second kappa shape index (κ2) is 6.98. The van der Waals surface area contributed by atoms with Gasteiger partial charge in [0.15, 0.2) is 0 Å². The summed E-state index contributed by atoms with van der Waals surface area (Å²) >= 11 is 0. The maximum Gasteiger partial charge on any atom is 0.239 e. The van der Waals surface area contributed by atoms with Gasteiger partial charge in [0, 0.05) is 12.1 Å². The second-order valence-corrected chi connectivity index (χ2v) is 7.78. The zero-order chi connectivity index (χ0) is 20.0. The van der Waals surface area contributed by atoms with E-state index in [1.807, 2.05) is 73.8 Å². The molecule has 2 heterocycles. The molecule has 144 valence electrons. The number of carbonyl (C=O) groups is 2. The molecule has 3 aromatic rings. The first-order valence-electron chi connectivity index (χ1n) is 9.93. The van der Waals surface area contributed by atoms with Crippen molar-refractivity contribution >= 4 is 17.5 Å². The van der Waals surface area contributed by atoms with Gasteiger partial charge in [-0.1, -0.05) is 78.9 Å². The van der Waals surface area contributed by atoms with Crippen LogP contribution in [0.4, 0.5) is 5.69 Å². The highest BCUT2D eigenvalue weighted by atomic mass is 16.2. The van der Waals surface area contributed by atoms with E-state index in [1.165, 1.54) is 4.90 Å². The maximum absolute atomic E-state index is 13.6. The molecule has 2 fully saturated rings. The number of likely N-dealkylation sites (tertiary alicyclic amines) is 1. The van der Waals surface area contributed by atoms with E-state index in [-0.39, 0.29) is 23.9 Å². The van der Waals surface area contributed by atoms with Crippen molar-refractivity contribution in [1.29, 1.82) is 0 Å². The third-order valence-electron chi connectivity index (χ3n) is 6.25. The third kappa shape index (κ3) is 2.71. The molecule has 0 radical (unpaired) electrons. The average Bonchev–Trinajstić information content (AvgIpc) is 3.21. The molecule has 5 rings (SSSR count). The number of rotatable bonds is 3. The number of nitrogens with zero attached hydrogens (tertiary/aromatic N) is 2. The van der Waals surface area contributed by atoms with Crippen LogP contribution in [0.25, 0.3) is 0 Å². The van der Waals surface area contributed by atoms with Crippen molar-refractivity contribution in [2.24, 2.45) is 11.8 Å². The lowest BCUT2D eigenvalue weighted by Crippen LogP contribution is -2.37. The highest BCUT2D eigenvalue weighted by molar-refractivity contribution is 6.22. The lowest BCUT2D eigenvalue weighted by atomic mass is 9.84. The third-order valence-corrected chi connectivity index (χ3v) is 6.25. The van der Waals surface area contributed by atoms with Gasteiger partial charge in [-0.05, 0) is 30.3 Å². The van der Waals surface area contributed by atoms with Gasteiger partial charge in [-0.15, -0.1) is 0 Å². The van der Waals surface area contributed by atoms with E-state index in [0.29, 0.717) is 5.69 Å². The van der Waals surface area contributed by atoms with Crippen LogP contribution in [0.15, 0.2) is 91.0 Å². The Bertz CT molecular complexity index is 971. The van der Waals surface area contributed by atoms with Gasteiger partial charge in [-0.3, -0.25) is 14.5 Å². The minimum absolute atomic E-state index is 0.106. The van der Waals surface area contributed by atoms with Gasteiger partial charge in [-0.2, -0.15) is 0 Å². The van der Waals surface area contributed by atoms with E-state index in [4.69, 9.17) is 0 Å². The molecule has 0 spiro atoms. The molecule has 2 aliphatic heterocycles. The van der Waals surface area contributed by atoms with E-state index >= 15 is 0 Å². The Morgan fingerprint density at radius 2 is 0.966 bits per heavy atom. The molecule has 2 saturated heterocycles. The van der Waals surface area contributed by atoms with Crippen molar-refractivity contribution in [2.45, 2.75) is 12.1 Å². The quantitative estimate of drug-likeness (QED) is 0.637. The smallest absolute Gasteiger partial charge is 0.239 e. The highest BCUT2D eigenvalue weighted by Crippen LogP contribution is 2.55. The van der Waals surface area contributed by atoms with Crippen molar-refractivity contribution in [2.75, 3.05) is 11.9 Å². The van der Waals surface area contributed by atoms with Crippen LogP contribution in [-0.2, 0) is 9.59 Å². The van der Waals surface area contributed by atoms with Crippen molar-refractivity contribution in [3.8, 4) is 0 Å². The lowest BCUT2D eigenvalue weighted by molar-refractivity contribution is -0.124. The number of hydrogen-bond acceptors (Lipinski definition) is 3. The fraction of sp³-hybridized carbons (Fsp3) is 0.200. The summed E-state index contributed by atoms with van der Waals surface area (Å²) < 4.78 is 0. The average molecular weight is 382 g/mol. The van der Waals surface area contributed by atoms with Crippen LogP contribution in [0.5, 0.6) is 0 Å². The predicted molar refractivity (Wildman–Crippen MR) is 112 cm³/mol. The standard InChI is InChI=1S/C25H22N2O2/c1-26-22(17-11-5-2-6-12-17)20-21(23(26)18-13-7-3-8-14-18)25(29)27(24(20)28)19-15-9-4-10-16-19/h2-16,20-23H,1H3. The van der Waals surface area contributed by atoms with Gasteiger partial charge < -0.3 is 0 Å². The Hall–Kier alpha value is -3.24. The summed E-state index contributed by atoms with van der Waals surface area (Å²) in [5.74, 6) is -1.02. The Kier molecular flexibility index (Phi) is 4.29. The number of amides is 2. The molecule has 3 aromatic carbocycles. The Morgan fingerprint density at radius 3 is 1.38 bits per heavy atom. The molecule has 4 unspecified atom stereocenters. The SMILES string of the molecule is CN1C(c2ccccc2)C2C(=O)N(c3ccccc3)C(=O)C2C1c1ccccc1. The molecule has 0 N–H and O–H groups in total. The Balaban J connectivity index is 1.65. The van der Waals surface area contributed by atoms with Crippen molar-refractivity contribution in [3.05, 3.63) is 102 Å². The summed E-state index contributed by atoms with van der Waals surface area (Å²) in [5.41, 5.74) is 2.79. The van der Waals surface area contributed by atoms with Crippen LogP contribution in [0, 0.1) is 11.8 Å². The predicted octanol–water partition coefficient (Wildman–Crippen LogP) is 4.22. The maximum atomic E-state index is 13.6. The molecule has 4 heteroatoms. The molecule has 4 nitrogen and oxygen atoms in total. The second-order valence-electron chi connectivity index (χ2n) is 7.78. The number of carbonyl (C=O) groups excluding carboxylic acids is 2. The first kappa shape index (κ1) is 17.8.